The summed E-state index contributed by atoms with van der Waals surface area (Å²) in [7, 11) is 0. The molecule has 0 atom stereocenters. The lowest BCUT2D eigenvalue weighted by atomic mass is 10.4. The third-order valence-corrected chi connectivity index (χ3v) is 1.78. The molecule has 0 aromatic carbocycles. The summed E-state index contributed by atoms with van der Waals surface area (Å²) in [4.78, 5) is 11.2. The van der Waals surface area contributed by atoms with E-state index in [0.29, 0.717) is 18.2 Å². The van der Waals surface area contributed by atoms with Crippen molar-refractivity contribution >= 4 is 29.1 Å². The van der Waals surface area contributed by atoms with Crippen LogP contribution in [0.5, 0.6) is 0 Å². The number of carbonyl (C=O) groups excluding carboxylic acids is 1. The molecule has 0 unspecified atom stereocenters. The van der Waals surface area contributed by atoms with Gasteiger partial charge in [0.25, 0.3) is 0 Å². The first kappa shape index (κ1) is 10.7. The smallest absolute Gasteiger partial charge is 0.356 e. The highest BCUT2D eigenvalue weighted by Crippen LogP contribution is 1.93. The maximum atomic E-state index is 11.2. The summed E-state index contributed by atoms with van der Waals surface area (Å²) in [6, 6.07) is -0.309. The molecule has 0 aromatic heterocycles. The second-order valence-corrected chi connectivity index (χ2v) is 3.23. The van der Waals surface area contributed by atoms with Crippen molar-refractivity contribution in [2.24, 2.45) is 5.10 Å². The number of hydrazone groups is 1. The largest absolute Gasteiger partial charge is 0.362 e. The molecule has 0 saturated heterocycles. The van der Waals surface area contributed by atoms with Crippen LogP contribution in [0.3, 0.4) is 0 Å². The highest BCUT2D eigenvalue weighted by Gasteiger charge is 2.18. The molecule has 1 aliphatic heterocycles. The van der Waals surface area contributed by atoms with Crippen molar-refractivity contribution in [1.82, 2.24) is 21.2 Å². The van der Waals surface area contributed by atoms with Crippen molar-refractivity contribution in [3.8, 4) is 0 Å². The summed E-state index contributed by atoms with van der Waals surface area (Å²) >= 11 is 4.94. The van der Waals surface area contributed by atoms with Gasteiger partial charge in [-0.2, -0.15) is 5.10 Å². The van der Waals surface area contributed by atoms with E-state index in [1.165, 1.54) is 5.01 Å². The molecule has 1 aliphatic rings. The standard InChI is InChI=1S/C7H13N5OS/c1-3-8-6(14)11-12-4-5(2)9-10-7(12)13/h3-4H2,1-2H3,(H,10,13)(H2,8,11,14). The molecule has 1 rings (SSSR count). The van der Waals surface area contributed by atoms with E-state index >= 15 is 0 Å². The second-order valence-electron chi connectivity index (χ2n) is 2.82. The average molecular weight is 215 g/mol. The van der Waals surface area contributed by atoms with Crippen LogP contribution in [0, 0.1) is 0 Å². The summed E-state index contributed by atoms with van der Waals surface area (Å²) < 4.78 is 0. The number of hydrazine groups is 1. The third kappa shape index (κ3) is 2.84. The van der Waals surface area contributed by atoms with Crippen molar-refractivity contribution in [1.29, 1.82) is 0 Å². The minimum absolute atomic E-state index is 0.309. The maximum absolute atomic E-state index is 11.2. The Balaban J connectivity index is 2.48. The number of hydrogen-bond acceptors (Lipinski definition) is 3. The Bertz CT molecular complexity index is 277. The van der Waals surface area contributed by atoms with E-state index in [0.717, 1.165) is 5.71 Å². The lowest BCUT2D eigenvalue weighted by Crippen LogP contribution is -2.56. The molecule has 3 N–H and O–H groups in total. The Hall–Kier alpha value is -1.37. The van der Waals surface area contributed by atoms with Crippen LogP contribution >= 0.6 is 12.2 Å². The van der Waals surface area contributed by atoms with Gasteiger partial charge >= 0.3 is 6.03 Å². The molecule has 0 spiro atoms. The van der Waals surface area contributed by atoms with Crippen molar-refractivity contribution in [3.05, 3.63) is 0 Å². The molecule has 7 heteroatoms. The van der Waals surface area contributed by atoms with Crippen LogP contribution in [0.25, 0.3) is 0 Å². The molecular formula is C7H13N5OS. The molecule has 0 fully saturated rings. The van der Waals surface area contributed by atoms with Crippen LogP contribution in [0.15, 0.2) is 5.10 Å². The number of urea groups is 1. The first-order valence-corrected chi connectivity index (χ1v) is 4.69. The van der Waals surface area contributed by atoms with Gasteiger partial charge in [0.05, 0.1) is 12.3 Å². The quantitative estimate of drug-likeness (QED) is 0.557. The molecular weight excluding hydrogens is 202 g/mol. The Morgan fingerprint density at radius 3 is 3.14 bits per heavy atom. The molecule has 6 nitrogen and oxygen atoms in total. The topological polar surface area (TPSA) is 68.8 Å². The number of carbonyl (C=O) groups is 1. The monoisotopic (exact) mass is 215 g/mol. The molecule has 2 amide bonds. The fourth-order valence-electron chi connectivity index (χ4n) is 0.953. The first-order chi connectivity index (χ1) is 6.63. The number of rotatable bonds is 2. The summed E-state index contributed by atoms with van der Waals surface area (Å²) in [6.45, 7) is 4.90. The number of hydrogen-bond donors (Lipinski definition) is 3. The van der Waals surface area contributed by atoms with Crippen molar-refractivity contribution < 1.29 is 4.79 Å². The summed E-state index contributed by atoms with van der Waals surface area (Å²) in [5.41, 5.74) is 5.93. The fourth-order valence-corrected chi connectivity index (χ4v) is 1.21. The summed E-state index contributed by atoms with van der Waals surface area (Å²) in [6.07, 6.45) is 0. The SMILES string of the molecule is CCNC(=S)NN1CC(C)=NNC1=O. The van der Waals surface area contributed by atoms with Crippen LogP contribution in [0.4, 0.5) is 4.79 Å². The van der Waals surface area contributed by atoms with Gasteiger partial charge in [-0.15, -0.1) is 0 Å². The van der Waals surface area contributed by atoms with Gasteiger partial charge in [0, 0.05) is 6.54 Å². The highest BCUT2D eigenvalue weighted by atomic mass is 32.1. The van der Waals surface area contributed by atoms with Crippen LogP contribution in [-0.4, -0.2) is 35.0 Å². The molecule has 0 aromatic rings. The van der Waals surface area contributed by atoms with E-state index in [9.17, 15) is 4.79 Å². The molecule has 0 radical (unpaired) electrons. The Labute approximate surface area is 87.7 Å². The van der Waals surface area contributed by atoms with Gasteiger partial charge in [-0.25, -0.2) is 15.2 Å². The van der Waals surface area contributed by atoms with E-state index in [2.05, 4.69) is 21.3 Å². The maximum Gasteiger partial charge on any atom is 0.356 e. The normalized spacial score (nSPS) is 15.7. The van der Waals surface area contributed by atoms with Gasteiger partial charge in [-0.3, -0.25) is 5.43 Å². The van der Waals surface area contributed by atoms with Crippen molar-refractivity contribution in [3.63, 3.8) is 0 Å². The van der Waals surface area contributed by atoms with E-state index in [4.69, 9.17) is 12.2 Å². The molecule has 0 saturated carbocycles. The minimum atomic E-state index is -0.309. The molecule has 78 valence electrons. The number of nitrogens with one attached hydrogen (secondary N) is 3. The molecule has 14 heavy (non-hydrogen) atoms. The first-order valence-electron chi connectivity index (χ1n) is 4.28. The Morgan fingerprint density at radius 2 is 2.50 bits per heavy atom. The highest BCUT2D eigenvalue weighted by molar-refractivity contribution is 7.80. The zero-order valence-electron chi connectivity index (χ0n) is 8.13. The van der Waals surface area contributed by atoms with E-state index in [1.54, 1.807) is 0 Å². The lowest BCUT2D eigenvalue weighted by Gasteiger charge is -2.26. The van der Waals surface area contributed by atoms with Gasteiger partial charge in [-0.05, 0) is 26.1 Å². The van der Waals surface area contributed by atoms with Gasteiger partial charge in [0.2, 0.25) is 0 Å². The second kappa shape index (κ2) is 4.75. The molecule has 0 aliphatic carbocycles. The summed E-state index contributed by atoms with van der Waals surface area (Å²) in [5.74, 6) is 0. The number of amides is 2. The fraction of sp³-hybridized carbons (Fsp3) is 0.571. The minimum Gasteiger partial charge on any atom is -0.362 e. The van der Waals surface area contributed by atoms with Crippen LogP contribution in [-0.2, 0) is 0 Å². The average Bonchev–Trinajstić information content (AvgIpc) is 2.12. The van der Waals surface area contributed by atoms with Crippen molar-refractivity contribution in [2.45, 2.75) is 13.8 Å². The van der Waals surface area contributed by atoms with E-state index in [-0.39, 0.29) is 6.03 Å². The Morgan fingerprint density at radius 1 is 1.79 bits per heavy atom. The summed E-state index contributed by atoms with van der Waals surface area (Å²) in [5, 5.41) is 8.47. The number of nitrogens with zero attached hydrogens (tertiary/aromatic N) is 2. The van der Waals surface area contributed by atoms with Crippen LogP contribution < -0.4 is 16.2 Å². The van der Waals surface area contributed by atoms with Gasteiger partial charge < -0.3 is 5.32 Å². The van der Waals surface area contributed by atoms with Crippen molar-refractivity contribution in [2.75, 3.05) is 13.1 Å². The zero-order chi connectivity index (χ0) is 10.6. The predicted octanol–water partition coefficient (Wildman–Crippen LogP) is -0.214. The number of thiocarbonyl (C=S) groups is 1. The van der Waals surface area contributed by atoms with Crippen LogP contribution in [0.1, 0.15) is 13.8 Å². The Kier molecular flexibility index (Phi) is 3.63. The van der Waals surface area contributed by atoms with Gasteiger partial charge in [0.15, 0.2) is 5.11 Å². The van der Waals surface area contributed by atoms with Gasteiger partial charge in [-0.1, -0.05) is 0 Å². The molecule has 0 bridgehead atoms. The predicted molar refractivity (Wildman–Crippen MR) is 57.8 cm³/mol. The zero-order valence-corrected chi connectivity index (χ0v) is 8.94. The van der Waals surface area contributed by atoms with Gasteiger partial charge in [0.1, 0.15) is 0 Å². The lowest BCUT2D eigenvalue weighted by molar-refractivity contribution is 0.191. The van der Waals surface area contributed by atoms with E-state index < -0.39 is 0 Å². The third-order valence-electron chi connectivity index (χ3n) is 1.55. The van der Waals surface area contributed by atoms with Crippen LogP contribution in [0.2, 0.25) is 0 Å². The molecule has 1 heterocycles. The van der Waals surface area contributed by atoms with E-state index in [1.807, 2.05) is 13.8 Å².